The molecule has 0 aromatic carbocycles. The molecule has 1 fully saturated rings. The molecule has 2 aliphatic rings. The van der Waals surface area contributed by atoms with Gasteiger partial charge in [0.25, 0.3) is 0 Å². The molecule has 3 atom stereocenters. The molecule has 7 nitrogen and oxygen atoms in total. The van der Waals surface area contributed by atoms with Gasteiger partial charge >= 0.3 is 18.4 Å². The molecule has 8 heteroatoms. The summed E-state index contributed by atoms with van der Waals surface area (Å²) in [5.41, 5.74) is 0.668. The Hall–Kier alpha value is -2.14. The van der Waals surface area contributed by atoms with Crippen LogP contribution >= 0.6 is 0 Å². The zero-order valence-corrected chi connectivity index (χ0v) is 9.41. The fourth-order valence-corrected chi connectivity index (χ4v) is 1.98. The van der Waals surface area contributed by atoms with Gasteiger partial charge in [-0.15, -0.1) is 0 Å². The van der Waals surface area contributed by atoms with E-state index in [1.807, 2.05) is 6.07 Å². The lowest BCUT2D eigenvalue weighted by molar-refractivity contribution is -0.220. The minimum Gasteiger partial charge on any atom is -0.477 e. The van der Waals surface area contributed by atoms with Crippen LogP contribution in [-0.2, 0) is 9.63 Å². The first-order chi connectivity index (χ1) is 8.45. The molecule has 2 aliphatic heterocycles. The molecular formula is C10H10FN3O4. The molecule has 0 aromatic heterocycles. The highest BCUT2D eigenvalue weighted by Gasteiger charge is 2.47. The molecule has 1 unspecified atom stereocenters. The number of fused-ring (bicyclic) bond motifs is 2. The molecule has 2 heterocycles. The second-order valence-electron chi connectivity index (χ2n) is 4.02. The first-order valence-electron chi connectivity index (χ1n) is 5.17. The highest BCUT2D eigenvalue weighted by molar-refractivity contribution is 5.79. The number of carboxylic acids is 1. The average Bonchev–Trinajstić information content (AvgIpc) is 2.60. The van der Waals surface area contributed by atoms with E-state index in [9.17, 15) is 14.0 Å². The van der Waals surface area contributed by atoms with Crippen molar-refractivity contribution < 1.29 is 23.9 Å². The maximum Gasteiger partial charge on any atom is 0.368 e. The highest BCUT2D eigenvalue weighted by Crippen LogP contribution is 2.30. The van der Waals surface area contributed by atoms with E-state index in [-0.39, 0.29) is 6.54 Å². The van der Waals surface area contributed by atoms with Crippen molar-refractivity contribution in [2.75, 3.05) is 6.54 Å². The van der Waals surface area contributed by atoms with Gasteiger partial charge in [0.15, 0.2) is 0 Å². The monoisotopic (exact) mass is 255 g/mol. The van der Waals surface area contributed by atoms with Crippen LogP contribution in [0.1, 0.15) is 6.92 Å². The van der Waals surface area contributed by atoms with Crippen molar-refractivity contribution in [3.63, 3.8) is 0 Å². The van der Waals surface area contributed by atoms with Crippen molar-refractivity contribution >= 4 is 12.0 Å². The van der Waals surface area contributed by atoms with Crippen LogP contribution in [0.4, 0.5) is 9.18 Å². The lowest BCUT2D eigenvalue weighted by Crippen LogP contribution is -2.39. The largest absolute Gasteiger partial charge is 0.477 e. The second-order valence-corrected chi connectivity index (χ2v) is 4.02. The van der Waals surface area contributed by atoms with E-state index in [2.05, 4.69) is 4.84 Å². The number of nitriles is 1. The van der Waals surface area contributed by atoms with Gasteiger partial charge in [0, 0.05) is 0 Å². The summed E-state index contributed by atoms with van der Waals surface area (Å²) in [5.74, 6) is -1.81. The Bertz CT molecular complexity index is 472. The summed E-state index contributed by atoms with van der Waals surface area (Å²) in [6.07, 6.45) is -1.04. The van der Waals surface area contributed by atoms with Gasteiger partial charge in [-0.3, -0.25) is 0 Å². The van der Waals surface area contributed by atoms with Crippen LogP contribution in [0.2, 0.25) is 0 Å². The zero-order valence-electron chi connectivity index (χ0n) is 9.41. The predicted molar refractivity (Wildman–Crippen MR) is 54.5 cm³/mol. The summed E-state index contributed by atoms with van der Waals surface area (Å²) in [7, 11) is 0. The standard InChI is InChI=1S/C10H10FN3O4/c1-5-2-6(3-12)13-4-7(5)14(10(13)17)18-8(11)9(15)16/h2,6-8H,4H2,1H3,(H,15,16)/t6?,7-,8+/m1/s1. The molecule has 0 aromatic rings. The molecular weight excluding hydrogens is 245 g/mol. The first-order valence-corrected chi connectivity index (χ1v) is 5.17. The van der Waals surface area contributed by atoms with Crippen molar-refractivity contribution in [2.45, 2.75) is 25.4 Å². The van der Waals surface area contributed by atoms with E-state index >= 15 is 0 Å². The summed E-state index contributed by atoms with van der Waals surface area (Å²) in [6.45, 7) is 1.86. The van der Waals surface area contributed by atoms with Gasteiger partial charge < -0.3 is 10.0 Å². The number of nitrogens with zero attached hydrogens (tertiary/aromatic N) is 3. The Morgan fingerprint density at radius 1 is 1.78 bits per heavy atom. The number of carbonyl (C=O) groups is 2. The van der Waals surface area contributed by atoms with E-state index in [1.165, 1.54) is 4.90 Å². The lowest BCUT2D eigenvalue weighted by Gasteiger charge is -2.24. The molecule has 2 amide bonds. The van der Waals surface area contributed by atoms with E-state index in [0.29, 0.717) is 10.6 Å². The predicted octanol–water partition coefficient (Wildman–Crippen LogP) is 0.256. The molecule has 0 saturated carbocycles. The number of carboxylic acid groups (broad SMARTS) is 1. The van der Waals surface area contributed by atoms with E-state index in [0.717, 1.165) is 0 Å². The van der Waals surface area contributed by atoms with Crippen LogP contribution in [0.3, 0.4) is 0 Å². The minimum absolute atomic E-state index is 0.186. The minimum atomic E-state index is -2.61. The van der Waals surface area contributed by atoms with Crippen molar-refractivity contribution in [3.05, 3.63) is 11.6 Å². The van der Waals surface area contributed by atoms with Gasteiger partial charge in [0.2, 0.25) is 0 Å². The van der Waals surface area contributed by atoms with Crippen molar-refractivity contribution in [1.29, 1.82) is 5.26 Å². The van der Waals surface area contributed by atoms with Gasteiger partial charge in [-0.2, -0.15) is 10.3 Å². The summed E-state index contributed by atoms with van der Waals surface area (Å²) in [5, 5.41) is 18.0. The Kier molecular flexibility index (Phi) is 2.92. The fourth-order valence-electron chi connectivity index (χ4n) is 1.98. The van der Waals surface area contributed by atoms with Crippen molar-refractivity contribution in [3.8, 4) is 6.07 Å². The summed E-state index contributed by atoms with van der Waals surface area (Å²) >= 11 is 0. The third kappa shape index (κ3) is 1.78. The van der Waals surface area contributed by atoms with Crippen LogP contribution in [0.25, 0.3) is 0 Å². The lowest BCUT2D eigenvalue weighted by atomic mass is 10.0. The zero-order chi connectivity index (χ0) is 13.4. The normalized spacial score (nSPS) is 27.8. The molecule has 96 valence electrons. The number of hydrogen-bond donors (Lipinski definition) is 1. The number of alkyl halides is 1. The molecule has 18 heavy (non-hydrogen) atoms. The number of hydroxylamine groups is 2. The molecule has 0 aliphatic carbocycles. The Morgan fingerprint density at radius 3 is 3.00 bits per heavy atom. The Morgan fingerprint density at radius 2 is 2.44 bits per heavy atom. The second kappa shape index (κ2) is 4.27. The van der Waals surface area contributed by atoms with Crippen LogP contribution < -0.4 is 0 Å². The van der Waals surface area contributed by atoms with Crippen molar-refractivity contribution in [2.24, 2.45) is 0 Å². The first kappa shape index (κ1) is 12.3. The average molecular weight is 255 g/mol. The van der Waals surface area contributed by atoms with E-state index in [1.54, 1.807) is 13.0 Å². The number of halogens is 1. The van der Waals surface area contributed by atoms with Crippen LogP contribution in [0, 0.1) is 11.3 Å². The number of hydrogen-bond acceptors (Lipinski definition) is 4. The van der Waals surface area contributed by atoms with Crippen LogP contribution in [0.15, 0.2) is 11.6 Å². The van der Waals surface area contributed by atoms with E-state index in [4.69, 9.17) is 10.4 Å². The van der Waals surface area contributed by atoms with Crippen molar-refractivity contribution in [1.82, 2.24) is 9.96 Å². The molecule has 1 saturated heterocycles. The molecule has 2 bridgehead atoms. The molecule has 0 radical (unpaired) electrons. The number of rotatable bonds is 3. The van der Waals surface area contributed by atoms with Crippen LogP contribution in [-0.4, -0.2) is 52.1 Å². The van der Waals surface area contributed by atoms with Gasteiger partial charge in [-0.1, -0.05) is 0 Å². The van der Waals surface area contributed by atoms with Gasteiger partial charge in [0.1, 0.15) is 12.1 Å². The summed E-state index contributed by atoms with van der Waals surface area (Å²) < 4.78 is 13.0. The van der Waals surface area contributed by atoms with E-state index < -0.39 is 30.4 Å². The molecule has 2 rings (SSSR count). The van der Waals surface area contributed by atoms with Gasteiger partial charge in [-0.05, 0) is 18.6 Å². The number of aliphatic carboxylic acids is 1. The van der Waals surface area contributed by atoms with Gasteiger partial charge in [-0.25, -0.2) is 18.8 Å². The topological polar surface area (TPSA) is 93.9 Å². The Balaban J connectivity index is 2.21. The smallest absolute Gasteiger partial charge is 0.368 e. The highest BCUT2D eigenvalue weighted by atomic mass is 19.1. The molecule has 1 N–H and O–H groups in total. The number of carbonyl (C=O) groups excluding carboxylic acids is 1. The number of urea groups is 1. The maximum absolute atomic E-state index is 13.0. The van der Waals surface area contributed by atoms with Gasteiger partial charge in [0.05, 0.1) is 12.6 Å². The molecule has 0 spiro atoms. The SMILES string of the molecule is CC1=CC(C#N)N2C[C@H]1N(O[C@H](F)C(=O)O)C2=O. The Labute approximate surface area is 102 Å². The maximum atomic E-state index is 13.0. The summed E-state index contributed by atoms with van der Waals surface area (Å²) in [4.78, 5) is 27.9. The fraction of sp³-hybridized carbons (Fsp3) is 0.500. The summed E-state index contributed by atoms with van der Waals surface area (Å²) in [6, 6.07) is -0.0667. The quantitative estimate of drug-likeness (QED) is 0.730. The third-order valence-electron chi connectivity index (χ3n) is 2.90. The number of amides is 2. The van der Waals surface area contributed by atoms with Crippen LogP contribution in [0.5, 0.6) is 0 Å². The third-order valence-corrected chi connectivity index (χ3v) is 2.90.